The van der Waals surface area contributed by atoms with E-state index in [1.807, 2.05) is 4.90 Å². The molecule has 1 aliphatic rings. The molecule has 0 aromatic heterocycles. The van der Waals surface area contributed by atoms with Crippen molar-refractivity contribution in [2.75, 3.05) is 6.54 Å². The van der Waals surface area contributed by atoms with Crippen molar-refractivity contribution >= 4 is 5.96 Å². The van der Waals surface area contributed by atoms with Gasteiger partial charge in [0.2, 0.25) is 5.96 Å². The van der Waals surface area contributed by atoms with E-state index in [4.69, 9.17) is 10.9 Å². The van der Waals surface area contributed by atoms with Gasteiger partial charge in [-0.3, -0.25) is 0 Å². The van der Waals surface area contributed by atoms with Gasteiger partial charge < -0.3 is 15.8 Å². The van der Waals surface area contributed by atoms with Gasteiger partial charge in [0.15, 0.2) is 0 Å². The van der Waals surface area contributed by atoms with Crippen LogP contribution in [0.4, 0.5) is 0 Å². The van der Waals surface area contributed by atoms with Crippen LogP contribution >= 0.6 is 0 Å². The summed E-state index contributed by atoms with van der Waals surface area (Å²) in [6.45, 7) is 5.21. The Balaban J connectivity index is 2.64. The van der Waals surface area contributed by atoms with Crippen molar-refractivity contribution in [3.8, 4) is 0 Å². The average molecular weight is 171 g/mol. The Kier molecular flexibility index (Phi) is 2.78. The fraction of sp³-hybridized carbons (Fsp3) is 0.875. The van der Waals surface area contributed by atoms with E-state index in [1.54, 1.807) is 0 Å². The first-order chi connectivity index (χ1) is 5.66. The lowest BCUT2D eigenvalue weighted by Crippen LogP contribution is -2.49. The number of likely N-dealkylation sites (tertiary alicyclic amines) is 1. The number of piperidine rings is 1. The lowest BCUT2D eigenvalue weighted by atomic mass is 9.92. The monoisotopic (exact) mass is 171 g/mol. The second kappa shape index (κ2) is 3.65. The van der Waals surface area contributed by atoms with Crippen LogP contribution in [0.2, 0.25) is 0 Å². The standard InChI is InChI=1S/C8H17N3O/c1-6-4-3-5-11(7(6)2)8(9)10-12/h6-7,12H,3-5H2,1-2H3,(H2,9,10). The number of nitrogens with two attached hydrogens (primary N) is 1. The predicted octanol–water partition coefficient (Wildman–Crippen LogP) is 0.811. The minimum Gasteiger partial charge on any atom is -0.408 e. The molecular weight excluding hydrogens is 154 g/mol. The third kappa shape index (κ3) is 1.62. The van der Waals surface area contributed by atoms with E-state index in [-0.39, 0.29) is 5.96 Å². The number of nitrogens with zero attached hydrogens (tertiary/aromatic N) is 2. The van der Waals surface area contributed by atoms with Gasteiger partial charge >= 0.3 is 0 Å². The van der Waals surface area contributed by atoms with Crippen molar-refractivity contribution in [1.82, 2.24) is 4.90 Å². The smallest absolute Gasteiger partial charge is 0.233 e. The molecule has 0 amide bonds. The Morgan fingerprint density at radius 3 is 2.83 bits per heavy atom. The second-order valence-corrected chi connectivity index (χ2v) is 3.51. The highest BCUT2D eigenvalue weighted by Gasteiger charge is 2.25. The van der Waals surface area contributed by atoms with Gasteiger partial charge in [0.25, 0.3) is 0 Å². The van der Waals surface area contributed by atoms with E-state index < -0.39 is 0 Å². The lowest BCUT2D eigenvalue weighted by Gasteiger charge is -2.37. The molecule has 0 aliphatic carbocycles. The summed E-state index contributed by atoms with van der Waals surface area (Å²) in [5, 5.41) is 11.5. The quantitative estimate of drug-likeness (QED) is 0.245. The molecule has 0 bridgehead atoms. The van der Waals surface area contributed by atoms with Crippen LogP contribution in [-0.4, -0.2) is 28.7 Å². The number of guanidine groups is 1. The maximum Gasteiger partial charge on any atom is 0.233 e. The number of rotatable bonds is 0. The summed E-state index contributed by atoms with van der Waals surface area (Å²) in [7, 11) is 0. The minimum atomic E-state index is 0.244. The van der Waals surface area contributed by atoms with Gasteiger partial charge in [-0.2, -0.15) is 0 Å². The molecular formula is C8H17N3O. The minimum absolute atomic E-state index is 0.244. The molecule has 0 aromatic carbocycles. The summed E-state index contributed by atoms with van der Waals surface area (Å²) in [5.74, 6) is 0.869. The van der Waals surface area contributed by atoms with Crippen molar-refractivity contribution in [2.24, 2.45) is 16.8 Å². The second-order valence-electron chi connectivity index (χ2n) is 3.51. The van der Waals surface area contributed by atoms with Crippen molar-refractivity contribution in [1.29, 1.82) is 0 Å². The van der Waals surface area contributed by atoms with E-state index in [0.717, 1.165) is 13.0 Å². The van der Waals surface area contributed by atoms with Crippen LogP contribution in [-0.2, 0) is 0 Å². The van der Waals surface area contributed by atoms with Gasteiger partial charge in [-0.15, -0.1) is 0 Å². The molecule has 0 spiro atoms. The van der Waals surface area contributed by atoms with Crippen LogP contribution in [0.5, 0.6) is 0 Å². The summed E-state index contributed by atoms with van der Waals surface area (Å²) in [4.78, 5) is 1.95. The molecule has 1 rings (SSSR count). The molecule has 1 heterocycles. The fourth-order valence-corrected chi connectivity index (χ4v) is 1.72. The van der Waals surface area contributed by atoms with Gasteiger partial charge in [-0.05, 0) is 25.7 Å². The SMILES string of the molecule is CC1CCCN(C(N)=NO)C1C. The first-order valence-electron chi connectivity index (χ1n) is 4.41. The van der Waals surface area contributed by atoms with Crippen molar-refractivity contribution in [2.45, 2.75) is 32.7 Å². The van der Waals surface area contributed by atoms with Crippen molar-refractivity contribution in [3.05, 3.63) is 0 Å². The maximum absolute atomic E-state index is 8.51. The molecule has 0 aromatic rings. The van der Waals surface area contributed by atoms with Gasteiger partial charge in [-0.1, -0.05) is 12.1 Å². The van der Waals surface area contributed by atoms with Gasteiger partial charge in [-0.25, -0.2) is 0 Å². The number of hydrogen-bond donors (Lipinski definition) is 2. The first kappa shape index (κ1) is 9.16. The third-order valence-corrected chi connectivity index (χ3v) is 2.77. The summed E-state index contributed by atoms with van der Waals surface area (Å²) in [5.41, 5.74) is 5.53. The third-order valence-electron chi connectivity index (χ3n) is 2.77. The maximum atomic E-state index is 8.51. The van der Waals surface area contributed by atoms with Crippen LogP contribution in [0.1, 0.15) is 26.7 Å². The number of oxime groups is 1. The van der Waals surface area contributed by atoms with Gasteiger partial charge in [0.1, 0.15) is 0 Å². The molecule has 2 unspecified atom stereocenters. The first-order valence-corrected chi connectivity index (χ1v) is 4.41. The molecule has 1 fully saturated rings. The van der Waals surface area contributed by atoms with Crippen LogP contribution < -0.4 is 5.73 Å². The average Bonchev–Trinajstić information content (AvgIpc) is 2.08. The van der Waals surface area contributed by atoms with E-state index in [2.05, 4.69) is 19.0 Å². The highest BCUT2D eigenvalue weighted by atomic mass is 16.4. The van der Waals surface area contributed by atoms with E-state index in [9.17, 15) is 0 Å². The Morgan fingerprint density at radius 2 is 2.25 bits per heavy atom. The topological polar surface area (TPSA) is 61.8 Å². The highest BCUT2D eigenvalue weighted by Crippen LogP contribution is 2.22. The molecule has 4 nitrogen and oxygen atoms in total. The molecule has 0 saturated carbocycles. The highest BCUT2D eigenvalue weighted by molar-refractivity contribution is 5.77. The molecule has 0 radical (unpaired) electrons. The molecule has 1 saturated heterocycles. The summed E-state index contributed by atoms with van der Waals surface area (Å²) < 4.78 is 0. The van der Waals surface area contributed by atoms with Crippen LogP contribution in [0.3, 0.4) is 0 Å². The number of hydrogen-bond acceptors (Lipinski definition) is 2. The lowest BCUT2D eigenvalue weighted by molar-refractivity contribution is 0.180. The molecule has 1 aliphatic heterocycles. The fourth-order valence-electron chi connectivity index (χ4n) is 1.72. The van der Waals surface area contributed by atoms with E-state index in [1.165, 1.54) is 6.42 Å². The molecule has 70 valence electrons. The zero-order chi connectivity index (χ0) is 9.14. The zero-order valence-electron chi connectivity index (χ0n) is 7.70. The molecule has 3 N–H and O–H groups in total. The van der Waals surface area contributed by atoms with E-state index in [0.29, 0.717) is 12.0 Å². The molecule has 2 atom stereocenters. The summed E-state index contributed by atoms with van der Waals surface area (Å²) >= 11 is 0. The Labute approximate surface area is 73.0 Å². The Bertz CT molecular complexity index is 181. The summed E-state index contributed by atoms with van der Waals surface area (Å²) in [6.07, 6.45) is 2.36. The molecule has 12 heavy (non-hydrogen) atoms. The Hall–Kier alpha value is -0.930. The van der Waals surface area contributed by atoms with Gasteiger partial charge in [0.05, 0.1) is 0 Å². The van der Waals surface area contributed by atoms with Crippen LogP contribution in [0.15, 0.2) is 5.16 Å². The zero-order valence-corrected chi connectivity index (χ0v) is 7.70. The largest absolute Gasteiger partial charge is 0.408 e. The van der Waals surface area contributed by atoms with Gasteiger partial charge in [0, 0.05) is 12.6 Å². The predicted molar refractivity (Wildman–Crippen MR) is 48.0 cm³/mol. The van der Waals surface area contributed by atoms with Crippen molar-refractivity contribution < 1.29 is 5.21 Å². The summed E-state index contributed by atoms with van der Waals surface area (Å²) in [6, 6.07) is 0.384. The molecule has 4 heteroatoms. The Morgan fingerprint density at radius 1 is 1.58 bits per heavy atom. The van der Waals surface area contributed by atoms with Crippen LogP contribution in [0, 0.1) is 5.92 Å². The van der Waals surface area contributed by atoms with Crippen molar-refractivity contribution in [3.63, 3.8) is 0 Å². The van der Waals surface area contributed by atoms with Crippen LogP contribution in [0.25, 0.3) is 0 Å². The van der Waals surface area contributed by atoms with E-state index >= 15 is 0 Å². The normalized spacial score (nSPS) is 32.2.